The van der Waals surface area contributed by atoms with Crippen LogP contribution in [0.5, 0.6) is 0 Å². The molecule has 1 amide bonds. The molecule has 1 aliphatic carbocycles. The first-order valence-electron chi connectivity index (χ1n) is 6.92. The SMILES string of the molecule is COC(C)C(=O)N1CCN(C2CC2)c2ccccc21. The van der Waals surface area contributed by atoms with Crippen LogP contribution in [-0.2, 0) is 9.53 Å². The highest BCUT2D eigenvalue weighted by Crippen LogP contribution is 2.39. The van der Waals surface area contributed by atoms with E-state index in [4.69, 9.17) is 4.74 Å². The van der Waals surface area contributed by atoms with Gasteiger partial charge in [-0.1, -0.05) is 12.1 Å². The molecule has 102 valence electrons. The van der Waals surface area contributed by atoms with E-state index in [1.807, 2.05) is 23.1 Å². The number of amides is 1. The molecule has 1 heterocycles. The molecule has 1 aromatic rings. The van der Waals surface area contributed by atoms with Crippen LogP contribution >= 0.6 is 0 Å². The van der Waals surface area contributed by atoms with Crippen molar-refractivity contribution in [1.29, 1.82) is 0 Å². The molecule has 0 saturated heterocycles. The maximum atomic E-state index is 12.4. The highest BCUT2D eigenvalue weighted by atomic mass is 16.5. The van der Waals surface area contributed by atoms with Gasteiger partial charge in [-0.05, 0) is 31.9 Å². The third-order valence-corrected chi connectivity index (χ3v) is 4.00. The van der Waals surface area contributed by atoms with E-state index < -0.39 is 0 Å². The van der Waals surface area contributed by atoms with E-state index in [9.17, 15) is 4.79 Å². The van der Waals surface area contributed by atoms with Crippen LogP contribution in [0.2, 0.25) is 0 Å². The zero-order valence-corrected chi connectivity index (χ0v) is 11.5. The van der Waals surface area contributed by atoms with Crippen molar-refractivity contribution in [2.45, 2.75) is 31.9 Å². The predicted molar refractivity (Wildman–Crippen MR) is 75.6 cm³/mol. The Balaban J connectivity index is 1.92. The predicted octanol–water partition coefficient (Wildman–Crippen LogP) is 2.04. The van der Waals surface area contributed by atoms with E-state index in [1.165, 1.54) is 18.5 Å². The summed E-state index contributed by atoms with van der Waals surface area (Å²) in [5, 5.41) is 0. The molecule has 0 radical (unpaired) electrons. The monoisotopic (exact) mass is 260 g/mol. The molecular weight excluding hydrogens is 240 g/mol. The van der Waals surface area contributed by atoms with E-state index in [0.29, 0.717) is 6.04 Å². The maximum Gasteiger partial charge on any atom is 0.255 e. The van der Waals surface area contributed by atoms with Gasteiger partial charge < -0.3 is 14.5 Å². The third kappa shape index (κ3) is 2.21. The summed E-state index contributed by atoms with van der Waals surface area (Å²) in [5.41, 5.74) is 2.21. The van der Waals surface area contributed by atoms with Crippen LogP contribution in [0.3, 0.4) is 0 Å². The average Bonchev–Trinajstić information content (AvgIpc) is 3.29. The second kappa shape index (κ2) is 4.85. The van der Waals surface area contributed by atoms with Crippen molar-refractivity contribution in [2.24, 2.45) is 0 Å². The number of carbonyl (C=O) groups excluding carboxylic acids is 1. The van der Waals surface area contributed by atoms with Gasteiger partial charge in [0.2, 0.25) is 0 Å². The normalized spacial score (nSPS) is 20.1. The van der Waals surface area contributed by atoms with Crippen LogP contribution in [0.15, 0.2) is 24.3 Å². The van der Waals surface area contributed by atoms with Crippen molar-refractivity contribution >= 4 is 17.3 Å². The van der Waals surface area contributed by atoms with E-state index in [0.717, 1.165) is 18.8 Å². The zero-order chi connectivity index (χ0) is 13.4. The molecule has 0 N–H and O–H groups in total. The Kier molecular flexibility index (Phi) is 3.19. The van der Waals surface area contributed by atoms with Gasteiger partial charge in [0.05, 0.1) is 11.4 Å². The first-order chi connectivity index (χ1) is 9.22. The third-order valence-electron chi connectivity index (χ3n) is 4.00. The van der Waals surface area contributed by atoms with Gasteiger partial charge in [-0.15, -0.1) is 0 Å². The number of anilines is 2. The first kappa shape index (κ1) is 12.5. The largest absolute Gasteiger partial charge is 0.372 e. The zero-order valence-electron chi connectivity index (χ0n) is 11.5. The van der Waals surface area contributed by atoms with Crippen molar-refractivity contribution in [3.8, 4) is 0 Å². The lowest BCUT2D eigenvalue weighted by molar-refractivity contribution is -0.127. The van der Waals surface area contributed by atoms with Crippen molar-refractivity contribution < 1.29 is 9.53 Å². The molecule has 3 rings (SSSR count). The van der Waals surface area contributed by atoms with Crippen LogP contribution in [0, 0.1) is 0 Å². The van der Waals surface area contributed by atoms with Crippen molar-refractivity contribution in [3.05, 3.63) is 24.3 Å². The molecule has 1 aromatic carbocycles. The Labute approximate surface area is 113 Å². The summed E-state index contributed by atoms with van der Waals surface area (Å²) in [7, 11) is 1.58. The van der Waals surface area contributed by atoms with Crippen molar-refractivity contribution in [2.75, 3.05) is 30.0 Å². The van der Waals surface area contributed by atoms with E-state index in [-0.39, 0.29) is 12.0 Å². The van der Waals surface area contributed by atoms with Gasteiger partial charge >= 0.3 is 0 Å². The summed E-state index contributed by atoms with van der Waals surface area (Å²) >= 11 is 0. The fourth-order valence-corrected chi connectivity index (χ4v) is 2.70. The second-order valence-corrected chi connectivity index (χ2v) is 5.28. The molecule has 1 saturated carbocycles. The number of ether oxygens (including phenoxy) is 1. The standard InChI is InChI=1S/C15H20N2O2/c1-11(19-2)15(18)17-10-9-16(12-7-8-12)13-5-3-4-6-14(13)17/h3-6,11-12H,7-10H2,1-2H3. The number of rotatable bonds is 3. The first-order valence-corrected chi connectivity index (χ1v) is 6.92. The molecular formula is C15H20N2O2. The minimum absolute atomic E-state index is 0.0467. The van der Waals surface area contributed by atoms with Crippen LogP contribution in [0.4, 0.5) is 11.4 Å². The van der Waals surface area contributed by atoms with Crippen molar-refractivity contribution in [3.63, 3.8) is 0 Å². The molecule has 4 nitrogen and oxygen atoms in total. The number of fused-ring (bicyclic) bond motifs is 1. The Hall–Kier alpha value is -1.55. The van der Waals surface area contributed by atoms with Gasteiger partial charge in [0.25, 0.3) is 5.91 Å². The Morgan fingerprint density at radius 1 is 1.26 bits per heavy atom. The molecule has 1 aliphatic heterocycles. The number of methoxy groups -OCH3 is 1. The van der Waals surface area contributed by atoms with Gasteiger partial charge in [-0.2, -0.15) is 0 Å². The fraction of sp³-hybridized carbons (Fsp3) is 0.533. The molecule has 1 unspecified atom stereocenters. The quantitative estimate of drug-likeness (QED) is 0.833. The molecule has 4 heteroatoms. The van der Waals surface area contributed by atoms with Gasteiger partial charge in [-0.25, -0.2) is 0 Å². The Morgan fingerprint density at radius 3 is 2.58 bits per heavy atom. The smallest absolute Gasteiger partial charge is 0.255 e. The van der Waals surface area contributed by atoms with E-state index in [1.54, 1.807) is 14.0 Å². The number of nitrogens with zero attached hydrogens (tertiary/aromatic N) is 2. The molecule has 0 aromatic heterocycles. The summed E-state index contributed by atoms with van der Waals surface area (Å²) in [4.78, 5) is 16.7. The average molecular weight is 260 g/mol. The number of carbonyl (C=O) groups is 1. The summed E-state index contributed by atoms with van der Waals surface area (Å²) in [5.74, 6) is 0.0467. The molecule has 2 aliphatic rings. The molecule has 0 bridgehead atoms. The molecule has 1 atom stereocenters. The minimum Gasteiger partial charge on any atom is -0.372 e. The van der Waals surface area contributed by atoms with E-state index >= 15 is 0 Å². The second-order valence-electron chi connectivity index (χ2n) is 5.28. The molecule has 19 heavy (non-hydrogen) atoms. The number of hydrogen-bond acceptors (Lipinski definition) is 3. The number of para-hydroxylation sites is 2. The van der Waals surface area contributed by atoms with Gasteiger partial charge in [0.15, 0.2) is 0 Å². The van der Waals surface area contributed by atoms with E-state index in [2.05, 4.69) is 11.0 Å². The summed E-state index contributed by atoms with van der Waals surface area (Å²) in [6.07, 6.45) is 2.16. The summed E-state index contributed by atoms with van der Waals surface area (Å²) in [6, 6.07) is 8.86. The highest BCUT2D eigenvalue weighted by molar-refractivity contribution is 6.00. The fourth-order valence-electron chi connectivity index (χ4n) is 2.70. The summed E-state index contributed by atoms with van der Waals surface area (Å²) in [6.45, 7) is 3.47. The topological polar surface area (TPSA) is 32.8 Å². The lowest BCUT2D eigenvalue weighted by atomic mass is 10.1. The van der Waals surface area contributed by atoms with Crippen LogP contribution in [0.25, 0.3) is 0 Å². The Bertz CT molecular complexity index is 485. The number of benzene rings is 1. The van der Waals surface area contributed by atoms with Crippen LogP contribution < -0.4 is 9.80 Å². The van der Waals surface area contributed by atoms with Crippen LogP contribution in [-0.4, -0.2) is 38.3 Å². The molecule has 1 fully saturated rings. The van der Waals surface area contributed by atoms with Crippen LogP contribution in [0.1, 0.15) is 19.8 Å². The lowest BCUT2D eigenvalue weighted by Gasteiger charge is -2.38. The lowest BCUT2D eigenvalue weighted by Crippen LogP contribution is -2.48. The number of hydrogen-bond donors (Lipinski definition) is 0. The maximum absolute atomic E-state index is 12.4. The minimum atomic E-state index is -0.388. The van der Waals surface area contributed by atoms with Gasteiger partial charge in [0.1, 0.15) is 6.10 Å². The summed E-state index contributed by atoms with van der Waals surface area (Å²) < 4.78 is 5.16. The Morgan fingerprint density at radius 2 is 1.95 bits per heavy atom. The van der Waals surface area contributed by atoms with Gasteiger partial charge in [-0.3, -0.25) is 4.79 Å². The van der Waals surface area contributed by atoms with Crippen molar-refractivity contribution in [1.82, 2.24) is 0 Å². The molecule has 0 spiro atoms. The van der Waals surface area contributed by atoms with Gasteiger partial charge in [0, 0.05) is 26.2 Å². The highest BCUT2D eigenvalue weighted by Gasteiger charge is 2.36.